The van der Waals surface area contributed by atoms with Crippen LogP contribution in [0.4, 0.5) is 0 Å². The maximum absolute atomic E-state index is 12.5. The van der Waals surface area contributed by atoms with Crippen LogP contribution in [0.1, 0.15) is 10.6 Å². The monoisotopic (exact) mass is 318 g/mol. The molecule has 0 spiro atoms. The number of nitrogens with zero attached hydrogens (tertiary/aromatic N) is 1. The fraction of sp³-hybridized carbons (Fsp3) is 0.0714. The molecule has 1 aliphatic heterocycles. The van der Waals surface area contributed by atoms with Gasteiger partial charge in [0.15, 0.2) is 5.11 Å². The van der Waals surface area contributed by atoms with Crippen molar-refractivity contribution in [3.63, 3.8) is 0 Å². The first-order chi connectivity index (χ1) is 10.1. The van der Waals surface area contributed by atoms with Gasteiger partial charge in [0.25, 0.3) is 11.8 Å². The number of hydrogen-bond acceptors (Lipinski definition) is 5. The Bertz CT molecular complexity index is 718. The molecule has 0 radical (unpaired) electrons. The Kier molecular flexibility index (Phi) is 3.68. The van der Waals surface area contributed by atoms with Crippen molar-refractivity contribution in [2.45, 2.75) is 6.54 Å². The molecule has 3 heterocycles. The van der Waals surface area contributed by atoms with Crippen molar-refractivity contribution < 1.29 is 14.0 Å². The first kappa shape index (κ1) is 13.7. The Labute approximate surface area is 129 Å². The fourth-order valence-electron chi connectivity index (χ4n) is 1.91. The number of thiophene rings is 1. The van der Waals surface area contributed by atoms with Crippen LogP contribution in [0.3, 0.4) is 0 Å². The maximum atomic E-state index is 12.5. The highest BCUT2D eigenvalue weighted by molar-refractivity contribution is 7.80. The minimum absolute atomic E-state index is 0.0672. The second-order valence-corrected chi connectivity index (χ2v) is 5.67. The van der Waals surface area contributed by atoms with E-state index in [2.05, 4.69) is 5.32 Å². The Hall–Kier alpha value is -2.25. The average molecular weight is 318 g/mol. The van der Waals surface area contributed by atoms with Gasteiger partial charge in [-0.1, -0.05) is 6.07 Å². The Morgan fingerprint density at radius 2 is 2.19 bits per heavy atom. The van der Waals surface area contributed by atoms with E-state index in [1.165, 1.54) is 22.5 Å². The molecule has 1 fully saturated rings. The van der Waals surface area contributed by atoms with Gasteiger partial charge in [0.1, 0.15) is 11.3 Å². The van der Waals surface area contributed by atoms with Gasteiger partial charge in [-0.05, 0) is 41.9 Å². The number of hydrogen-bond donors (Lipinski definition) is 1. The average Bonchev–Trinajstić information content (AvgIpc) is 3.13. The van der Waals surface area contributed by atoms with Crippen molar-refractivity contribution in [3.05, 3.63) is 52.1 Å². The van der Waals surface area contributed by atoms with Crippen molar-refractivity contribution in [3.8, 4) is 0 Å². The lowest BCUT2D eigenvalue weighted by molar-refractivity contribution is -0.129. The van der Waals surface area contributed by atoms with E-state index in [9.17, 15) is 9.59 Å². The highest BCUT2D eigenvalue weighted by Gasteiger charge is 2.33. The summed E-state index contributed by atoms with van der Waals surface area (Å²) in [5.41, 5.74) is 0.0672. The molecular formula is C14H10N2O3S2. The molecule has 0 unspecified atom stereocenters. The number of rotatable bonds is 3. The topological polar surface area (TPSA) is 62.6 Å². The highest BCUT2D eigenvalue weighted by atomic mass is 32.1. The molecule has 2 amide bonds. The number of amides is 2. The number of furan rings is 1. The largest absolute Gasteiger partial charge is 0.467 e. The van der Waals surface area contributed by atoms with Crippen LogP contribution in [-0.4, -0.2) is 21.8 Å². The second kappa shape index (κ2) is 5.63. The van der Waals surface area contributed by atoms with Gasteiger partial charge in [-0.15, -0.1) is 11.3 Å². The van der Waals surface area contributed by atoms with E-state index < -0.39 is 11.8 Å². The van der Waals surface area contributed by atoms with Crippen LogP contribution in [0.5, 0.6) is 0 Å². The minimum atomic E-state index is -0.478. The van der Waals surface area contributed by atoms with Crippen molar-refractivity contribution in [2.24, 2.45) is 0 Å². The summed E-state index contributed by atoms with van der Waals surface area (Å²) in [5.74, 6) is -0.306. The van der Waals surface area contributed by atoms with Gasteiger partial charge in [-0.2, -0.15) is 0 Å². The summed E-state index contributed by atoms with van der Waals surface area (Å²) < 4.78 is 5.22. The molecule has 7 heteroatoms. The molecule has 3 rings (SSSR count). The van der Waals surface area contributed by atoms with Crippen LogP contribution >= 0.6 is 23.6 Å². The minimum Gasteiger partial charge on any atom is -0.467 e. The van der Waals surface area contributed by atoms with Crippen molar-refractivity contribution in [1.29, 1.82) is 0 Å². The van der Waals surface area contributed by atoms with E-state index in [4.69, 9.17) is 16.6 Å². The second-order valence-electron chi connectivity index (χ2n) is 4.30. The van der Waals surface area contributed by atoms with E-state index in [1.54, 1.807) is 18.2 Å². The molecule has 1 aliphatic rings. The van der Waals surface area contributed by atoms with E-state index in [0.29, 0.717) is 5.76 Å². The molecule has 0 atom stereocenters. The lowest BCUT2D eigenvalue weighted by Crippen LogP contribution is -2.53. The van der Waals surface area contributed by atoms with E-state index in [0.717, 1.165) is 4.88 Å². The maximum Gasteiger partial charge on any atom is 0.266 e. The third kappa shape index (κ3) is 2.79. The first-order valence-electron chi connectivity index (χ1n) is 6.10. The van der Waals surface area contributed by atoms with Crippen LogP contribution in [0.25, 0.3) is 6.08 Å². The molecule has 0 saturated carbocycles. The molecule has 2 aromatic heterocycles. The van der Waals surface area contributed by atoms with Crippen molar-refractivity contribution >= 4 is 46.6 Å². The van der Waals surface area contributed by atoms with Crippen LogP contribution in [0.2, 0.25) is 0 Å². The molecule has 0 aliphatic carbocycles. The van der Waals surface area contributed by atoms with Gasteiger partial charge >= 0.3 is 0 Å². The molecule has 1 saturated heterocycles. The SMILES string of the molecule is O=C1NC(=S)N(Cc2ccco2)C(=O)/C1=C\c1cccs1. The molecular weight excluding hydrogens is 308 g/mol. The van der Waals surface area contributed by atoms with Crippen molar-refractivity contribution in [1.82, 2.24) is 10.2 Å². The van der Waals surface area contributed by atoms with Gasteiger partial charge in [0.2, 0.25) is 0 Å². The van der Waals surface area contributed by atoms with Gasteiger partial charge in [-0.3, -0.25) is 19.8 Å². The van der Waals surface area contributed by atoms with E-state index in [-0.39, 0.29) is 17.2 Å². The Balaban J connectivity index is 1.90. The molecule has 0 aromatic carbocycles. The van der Waals surface area contributed by atoms with E-state index >= 15 is 0 Å². The summed E-state index contributed by atoms with van der Waals surface area (Å²) >= 11 is 6.51. The number of carbonyl (C=O) groups is 2. The quantitative estimate of drug-likeness (QED) is 0.535. The molecule has 2 aromatic rings. The number of thiocarbonyl (C=S) groups is 1. The van der Waals surface area contributed by atoms with Crippen LogP contribution in [0, 0.1) is 0 Å². The number of nitrogens with one attached hydrogen (secondary N) is 1. The smallest absolute Gasteiger partial charge is 0.266 e. The standard InChI is InChI=1S/C14H10N2O3S2/c17-12-11(7-10-4-2-6-21-10)13(18)16(14(20)15-12)8-9-3-1-5-19-9/h1-7H,8H2,(H,15,17,20)/b11-7-. The van der Waals surface area contributed by atoms with Crippen LogP contribution < -0.4 is 5.32 Å². The van der Waals surface area contributed by atoms with Crippen LogP contribution in [0.15, 0.2) is 45.9 Å². The predicted molar refractivity (Wildman–Crippen MR) is 82.3 cm³/mol. The predicted octanol–water partition coefficient (Wildman–Crippen LogP) is 2.17. The zero-order chi connectivity index (χ0) is 14.8. The first-order valence-corrected chi connectivity index (χ1v) is 7.38. The van der Waals surface area contributed by atoms with Gasteiger partial charge in [0, 0.05) is 4.88 Å². The summed E-state index contributed by atoms with van der Waals surface area (Å²) in [4.78, 5) is 26.6. The summed E-state index contributed by atoms with van der Waals surface area (Å²) in [6.07, 6.45) is 3.09. The molecule has 5 nitrogen and oxygen atoms in total. The third-order valence-corrected chi connectivity index (χ3v) is 4.05. The highest BCUT2D eigenvalue weighted by Crippen LogP contribution is 2.19. The van der Waals surface area contributed by atoms with E-state index in [1.807, 2.05) is 17.5 Å². The molecule has 1 N–H and O–H groups in total. The van der Waals surface area contributed by atoms with Gasteiger partial charge in [-0.25, -0.2) is 0 Å². The fourth-order valence-corrected chi connectivity index (χ4v) is 2.81. The normalized spacial score (nSPS) is 17.4. The molecule has 21 heavy (non-hydrogen) atoms. The summed E-state index contributed by atoms with van der Waals surface area (Å²) in [6, 6.07) is 7.16. The summed E-state index contributed by atoms with van der Waals surface area (Å²) in [7, 11) is 0. The third-order valence-electron chi connectivity index (χ3n) is 2.91. The van der Waals surface area contributed by atoms with Crippen molar-refractivity contribution in [2.75, 3.05) is 0 Å². The lowest BCUT2D eigenvalue weighted by Gasteiger charge is -2.28. The zero-order valence-electron chi connectivity index (χ0n) is 10.7. The molecule has 0 bridgehead atoms. The number of carbonyl (C=O) groups excluding carboxylic acids is 2. The summed E-state index contributed by atoms with van der Waals surface area (Å²) in [5, 5.41) is 4.49. The Morgan fingerprint density at radius 3 is 2.86 bits per heavy atom. The molecule has 106 valence electrons. The van der Waals surface area contributed by atoms with Gasteiger partial charge < -0.3 is 4.42 Å². The summed E-state index contributed by atoms with van der Waals surface area (Å²) in [6.45, 7) is 0.187. The van der Waals surface area contributed by atoms with Gasteiger partial charge in [0.05, 0.1) is 12.8 Å². The van der Waals surface area contributed by atoms with Crippen LogP contribution in [-0.2, 0) is 16.1 Å². The Morgan fingerprint density at radius 1 is 1.33 bits per heavy atom. The lowest BCUT2D eigenvalue weighted by atomic mass is 10.1. The zero-order valence-corrected chi connectivity index (χ0v) is 12.4.